The van der Waals surface area contributed by atoms with E-state index < -0.39 is 0 Å². The van der Waals surface area contributed by atoms with Gasteiger partial charge in [0.25, 0.3) is 0 Å². The van der Waals surface area contributed by atoms with E-state index in [4.69, 9.17) is 24.9 Å². The Morgan fingerprint density at radius 1 is 0.206 bits per heavy atom. The fourth-order valence-corrected chi connectivity index (χ4v) is 9.74. The highest BCUT2D eigenvalue weighted by Gasteiger charge is 2.23. The molecule has 0 amide bonds. The van der Waals surface area contributed by atoms with Gasteiger partial charge in [0.05, 0.1) is 122 Å². The molecule has 0 aliphatic heterocycles. The summed E-state index contributed by atoms with van der Waals surface area (Å²) < 4.78 is 0. The quantitative estimate of drug-likeness (QED) is 0.0865. The highest BCUT2D eigenvalue weighted by molar-refractivity contribution is 6.14. The summed E-state index contributed by atoms with van der Waals surface area (Å²) in [5.74, 6) is 0. The molecule has 7 aromatic carbocycles. The number of para-hydroxylation sites is 2. The average Bonchev–Trinajstić information content (AvgIpc) is 4.16. The Balaban J connectivity index is 0.859. The van der Waals surface area contributed by atoms with E-state index in [0.717, 1.165) is 144 Å². The van der Waals surface area contributed by atoms with Crippen LogP contribution in [0, 0.1) is 0 Å². The van der Waals surface area contributed by atoms with Gasteiger partial charge in [0.15, 0.2) is 0 Å². The first-order valence-electron chi connectivity index (χ1n) is 20.4. The molecular formula is C49H30N14. The Kier molecular flexibility index (Phi) is 6.77. The number of aromatic amines is 7. The van der Waals surface area contributed by atoms with Gasteiger partial charge in [-0.05, 0) is 12.1 Å². The van der Waals surface area contributed by atoms with Crippen LogP contribution in [0.5, 0.6) is 0 Å². The minimum absolute atomic E-state index is 0.838. The molecule has 0 spiro atoms. The maximum Gasteiger partial charge on any atom is 0.0968 e. The molecule has 7 N–H and O–H groups in total. The zero-order chi connectivity index (χ0) is 41.2. The Bertz CT molecular complexity index is 3870. The number of H-pyrrole nitrogens is 7. The van der Waals surface area contributed by atoms with Crippen LogP contribution in [0.1, 0.15) is 0 Å². The molecule has 14 heteroatoms. The zero-order valence-corrected chi connectivity index (χ0v) is 32.9. The maximum absolute atomic E-state index is 4.89. The van der Waals surface area contributed by atoms with Crippen molar-refractivity contribution in [2.45, 2.75) is 0 Å². The lowest BCUT2D eigenvalue weighted by Gasteiger charge is -2.13. The minimum atomic E-state index is 0.838. The monoisotopic (exact) mass is 814 g/mol. The maximum atomic E-state index is 4.89. The second kappa shape index (κ2) is 12.7. The first-order chi connectivity index (χ1) is 31.3. The van der Waals surface area contributed by atoms with Gasteiger partial charge >= 0.3 is 0 Å². The van der Waals surface area contributed by atoms with Gasteiger partial charge in [-0.1, -0.05) is 84.9 Å². The summed E-state index contributed by atoms with van der Waals surface area (Å²) in [5.41, 5.74) is 24.7. The molecule has 0 saturated heterocycles. The first kappa shape index (κ1) is 33.6. The average molecular weight is 815 g/mol. The van der Waals surface area contributed by atoms with Crippen LogP contribution in [-0.4, -0.2) is 69.8 Å². The van der Waals surface area contributed by atoms with E-state index in [1.54, 1.807) is 44.3 Å². The van der Waals surface area contributed by atoms with Crippen LogP contribution < -0.4 is 0 Å². The second-order valence-corrected chi connectivity index (χ2v) is 15.6. The number of imidazole rings is 7. The Hall–Kier alpha value is -9.17. The van der Waals surface area contributed by atoms with Crippen molar-refractivity contribution in [3.05, 3.63) is 141 Å². The number of fused-ring (bicyclic) bond motifs is 7. The first-order valence-corrected chi connectivity index (χ1v) is 20.4. The molecule has 0 aliphatic rings. The van der Waals surface area contributed by atoms with Crippen molar-refractivity contribution in [3.63, 3.8) is 0 Å². The molecule has 0 bridgehead atoms. The molecule has 0 aliphatic carbocycles. The van der Waals surface area contributed by atoms with Crippen molar-refractivity contribution in [3.8, 4) is 66.8 Å². The summed E-state index contributed by atoms with van der Waals surface area (Å²) in [6.45, 7) is 0. The van der Waals surface area contributed by atoms with Crippen molar-refractivity contribution in [2.24, 2.45) is 0 Å². The van der Waals surface area contributed by atoms with Crippen LogP contribution >= 0.6 is 0 Å². The predicted molar refractivity (Wildman–Crippen MR) is 247 cm³/mol. The lowest BCUT2D eigenvalue weighted by Crippen LogP contribution is -1.92. The number of aromatic nitrogens is 14. The molecule has 0 radical (unpaired) electrons. The lowest BCUT2D eigenvalue weighted by molar-refractivity contribution is 1.34. The number of hydrogen-bond donors (Lipinski definition) is 7. The number of nitrogens with zero attached hydrogens (tertiary/aromatic N) is 7. The van der Waals surface area contributed by atoms with Gasteiger partial charge in [-0.3, -0.25) is 0 Å². The third-order valence-corrected chi connectivity index (χ3v) is 12.5. The molecule has 296 valence electrons. The highest BCUT2D eigenvalue weighted by atomic mass is 14.9. The Morgan fingerprint density at radius 3 is 0.730 bits per heavy atom. The molecule has 14 rings (SSSR count). The number of benzene rings is 7. The van der Waals surface area contributed by atoms with Crippen molar-refractivity contribution in [1.82, 2.24) is 69.8 Å². The Labute approximate surface area is 354 Å². The molecule has 7 aromatic heterocycles. The minimum Gasteiger partial charge on any atom is -0.345 e. The molecule has 0 fully saturated rings. The molecule has 7 heterocycles. The largest absolute Gasteiger partial charge is 0.345 e. The van der Waals surface area contributed by atoms with Gasteiger partial charge in [0.1, 0.15) is 0 Å². The van der Waals surface area contributed by atoms with E-state index in [-0.39, 0.29) is 0 Å². The van der Waals surface area contributed by atoms with Gasteiger partial charge in [0.2, 0.25) is 0 Å². The number of nitrogens with one attached hydrogen (secondary N) is 7. The van der Waals surface area contributed by atoms with Crippen LogP contribution in [0.2, 0.25) is 0 Å². The van der Waals surface area contributed by atoms with Gasteiger partial charge in [-0.2, -0.15) is 0 Å². The predicted octanol–water partition coefficient (Wildman–Crippen LogP) is 10.8. The summed E-state index contributed by atoms with van der Waals surface area (Å²) >= 11 is 0. The third kappa shape index (κ3) is 4.73. The van der Waals surface area contributed by atoms with Crippen LogP contribution in [0.25, 0.3) is 144 Å². The van der Waals surface area contributed by atoms with E-state index in [1.807, 2.05) is 24.3 Å². The molecule has 0 unspecified atom stereocenters. The molecule has 14 nitrogen and oxygen atoms in total. The normalized spacial score (nSPS) is 12.1. The molecule has 0 saturated carbocycles. The molecule has 63 heavy (non-hydrogen) atoms. The summed E-state index contributed by atoms with van der Waals surface area (Å²) in [5, 5.41) is 0. The highest BCUT2D eigenvalue weighted by Crippen LogP contribution is 2.44. The molecule has 0 atom stereocenters. The van der Waals surface area contributed by atoms with Crippen molar-refractivity contribution < 1.29 is 0 Å². The van der Waals surface area contributed by atoms with Crippen LogP contribution in [0.4, 0.5) is 0 Å². The lowest BCUT2D eigenvalue weighted by atomic mass is 9.92. The van der Waals surface area contributed by atoms with Crippen molar-refractivity contribution in [2.75, 3.05) is 0 Å². The van der Waals surface area contributed by atoms with Crippen LogP contribution in [-0.2, 0) is 0 Å². The van der Waals surface area contributed by atoms with Crippen molar-refractivity contribution >= 4 is 77.2 Å². The van der Waals surface area contributed by atoms with Gasteiger partial charge in [-0.25, -0.2) is 34.9 Å². The topological polar surface area (TPSA) is 201 Å². The number of hydrogen-bond acceptors (Lipinski definition) is 7. The van der Waals surface area contributed by atoms with Crippen LogP contribution in [0.15, 0.2) is 141 Å². The third-order valence-electron chi connectivity index (χ3n) is 12.5. The summed E-state index contributed by atoms with van der Waals surface area (Å²) in [4.78, 5) is 57.1. The summed E-state index contributed by atoms with van der Waals surface area (Å²) in [7, 11) is 0. The van der Waals surface area contributed by atoms with Gasteiger partial charge < -0.3 is 34.9 Å². The van der Waals surface area contributed by atoms with Gasteiger partial charge in [0, 0.05) is 66.8 Å². The SMILES string of the molecule is c1cc(-c2ccc(-c3ccc(-c4ccc(-c5ccc(-c6ccc(-c7cccc8[nH]cnc78)c7[nH]cnc67)c6[nH]cnc56)c5[nH]cnc45)c4nc[nH]c34)c3nc[nH]c23)c2nc[nH]c2c1. The van der Waals surface area contributed by atoms with Gasteiger partial charge in [-0.15, -0.1) is 0 Å². The molecule has 14 aromatic rings. The Morgan fingerprint density at radius 2 is 0.429 bits per heavy atom. The standard InChI is InChI=1S/C49H30N14/c1-3-24(38-36(5-1)50-17-52-38)26-7-9-28(42-40(26)54-19-56-42)30-11-13-32(46-44(30)58-21-60-46)34-15-16-35(49-48(34)62-23-63-49)33-14-12-31(45-47(33)61-22-59-45)29-10-8-27(41-43(29)57-20-55-41)25-4-2-6-37-39(25)53-18-51-37/h1-23H,(H,50,52)(H,51,53)(H,54,56)(H,55,57)(H,58,60)(H,59,61)(H,62,63). The summed E-state index contributed by atoms with van der Waals surface area (Å²) in [6, 6.07) is 33.7. The van der Waals surface area contributed by atoms with E-state index >= 15 is 0 Å². The fraction of sp³-hybridized carbons (Fsp3) is 0. The van der Waals surface area contributed by atoms with E-state index in [0.29, 0.717) is 0 Å². The zero-order valence-electron chi connectivity index (χ0n) is 32.9. The second-order valence-electron chi connectivity index (χ2n) is 15.6. The summed E-state index contributed by atoms with van der Waals surface area (Å²) in [6.07, 6.45) is 12.2. The number of rotatable bonds is 6. The van der Waals surface area contributed by atoms with E-state index in [2.05, 4.69) is 118 Å². The van der Waals surface area contributed by atoms with E-state index in [9.17, 15) is 0 Å². The van der Waals surface area contributed by atoms with Crippen LogP contribution in [0.3, 0.4) is 0 Å². The fourth-order valence-electron chi connectivity index (χ4n) is 9.74. The van der Waals surface area contributed by atoms with E-state index in [1.165, 1.54) is 0 Å². The molecular weight excluding hydrogens is 785 g/mol. The van der Waals surface area contributed by atoms with Crippen molar-refractivity contribution in [1.29, 1.82) is 0 Å². The smallest absolute Gasteiger partial charge is 0.0968 e.